The molecule has 2 N–H and O–H groups in total. The number of nitrogens with one attached hydrogen (secondary N) is 2. The Morgan fingerprint density at radius 2 is 2.26 bits per heavy atom. The second-order valence-corrected chi connectivity index (χ2v) is 5.66. The van der Waals surface area contributed by atoms with Gasteiger partial charge in [0.15, 0.2) is 0 Å². The third kappa shape index (κ3) is 2.99. The Kier molecular flexibility index (Phi) is 4.16. The Bertz CT molecular complexity index is 427. The highest BCUT2D eigenvalue weighted by molar-refractivity contribution is 5.36. The summed E-state index contributed by atoms with van der Waals surface area (Å²) in [6.45, 7) is 2.80. The third-order valence-corrected chi connectivity index (χ3v) is 4.38. The second kappa shape index (κ2) is 6.04. The molecule has 0 bridgehead atoms. The molecule has 2 atom stereocenters. The summed E-state index contributed by atoms with van der Waals surface area (Å²) in [7, 11) is 2.05. The summed E-state index contributed by atoms with van der Waals surface area (Å²) < 4.78 is 5.82. The molecule has 0 aromatic heterocycles. The lowest BCUT2D eigenvalue weighted by molar-refractivity contribution is 0.0176. The van der Waals surface area contributed by atoms with Gasteiger partial charge in [-0.3, -0.25) is 0 Å². The Hall–Kier alpha value is -0.900. The van der Waals surface area contributed by atoms with Crippen LogP contribution < -0.4 is 10.6 Å². The minimum atomic E-state index is 0.333. The van der Waals surface area contributed by atoms with Crippen LogP contribution in [0.25, 0.3) is 0 Å². The summed E-state index contributed by atoms with van der Waals surface area (Å²) in [6, 6.07) is 7.42. The van der Waals surface area contributed by atoms with E-state index in [-0.39, 0.29) is 0 Å². The van der Waals surface area contributed by atoms with Crippen molar-refractivity contribution in [2.45, 2.75) is 37.8 Å². The molecule has 3 nitrogen and oxygen atoms in total. The monoisotopic (exact) mass is 260 g/mol. The third-order valence-electron chi connectivity index (χ3n) is 4.38. The normalized spacial score (nSPS) is 24.2. The van der Waals surface area contributed by atoms with Crippen LogP contribution in [-0.4, -0.2) is 32.8 Å². The van der Waals surface area contributed by atoms with Crippen LogP contribution in [-0.2, 0) is 17.6 Å². The lowest BCUT2D eigenvalue weighted by Crippen LogP contribution is -2.40. The fraction of sp³-hybridized carbons (Fsp3) is 0.625. The van der Waals surface area contributed by atoms with E-state index >= 15 is 0 Å². The molecule has 104 valence electrons. The van der Waals surface area contributed by atoms with E-state index in [4.69, 9.17) is 4.74 Å². The standard InChI is InChI=1S/C16H24N2O/c1-17-16(10-15-11-18-7-8-19-15)14-6-5-12-3-2-4-13(12)9-14/h5-6,9,15-18H,2-4,7-8,10-11H2,1H3. The summed E-state index contributed by atoms with van der Waals surface area (Å²) in [5.41, 5.74) is 4.52. The average molecular weight is 260 g/mol. The van der Waals surface area contributed by atoms with Crippen molar-refractivity contribution in [3.63, 3.8) is 0 Å². The van der Waals surface area contributed by atoms with E-state index in [0.717, 1.165) is 26.1 Å². The maximum atomic E-state index is 5.82. The van der Waals surface area contributed by atoms with Gasteiger partial charge in [-0.1, -0.05) is 18.2 Å². The van der Waals surface area contributed by atoms with Crippen molar-refractivity contribution in [2.24, 2.45) is 0 Å². The van der Waals surface area contributed by atoms with Gasteiger partial charge in [0.25, 0.3) is 0 Å². The smallest absolute Gasteiger partial charge is 0.0718 e. The quantitative estimate of drug-likeness (QED) is 0.866. The van der Waals surface area contributed by atoms with Crippen molar-refractivity contribution in [1.29, 1.82) is 0 Å². The molecule has 3 heteroatoms. The van der Waals surface area contributed by atoms with Crippen molar-refractivity contribution in [1.82, 2.24) is 10.6 Å². The Morgan fingerprint density at radius 3 is 3.05 bits per heavy atom. The van der Waals surface area contributed by atoms with Crippen molar-refractivity contribution in [3.05, 3.63) is 34.9 Å². The van der Waals surface area contributed by atoms with Crippen molar-refractivity contribution in [3.8, 4) is 0 Å². The number of ether oxygens (including phenoxy) is 1. The van der Waals surface area contributed by atoms with Gasteiger partial charge < -0.3 is 15.4 Å². The summed E-state index contributed by atoms with van der Waals surface area (Å²) >= 11 is 0. The van der Waals surface area contributed by atoms with Crippen LogP contribution in [0.1, 0.15) is 35.6 Å². The molecule has 2 aliphatic rings. The highest BCUT2D eigenvalue weighted by atomic mass is 16.5. The number of aryl methyl sites for hydroxylation is 2. The number of fused-ring (bicyclic) bond motifs is 1. The minimum absolute atomic E-state index is 0.333. The molecule has 1 heterocycles. The fourth-order valence-corrected chi connectivity index (χ4v) is 3.26. The van der Waals surface area contributed by atoms with Gasteiger partial charge in [-0.15, -0.1) is 0 Å². The van der Waals surface area contributed by atoms with Gasteiger partial charge in [0.1, 0.15) is 0 Å². The Morgan fingerprint density at radius 1 is 1.37 bits per heavy atom. The van der Waals surface area contributed by atoms with Crippen LogP contribution in [0.5, 0.6) is 0 Å². The van der Waals surface area contributed by atoms with Crippen molar-refractivity contribution >= 4 is 0 Å². The average Bonchev–Trinajstić information content (AvgIpc) is 2.93. The fourth-order valence-electron chi connectivity index (χ4n) is 3.26. The van der Waals surface area contributed by atoms with Crippen LogP contribution >= 0.6 is 0 Å². The molecule has 3 rings (SSSR count). The zero-order chi connectivity index (χ0) is 13.1. The zero-order valence-corrected chi connectivity index (χ0v) is 11.7. The minimum Gasteiger partial charge on any atom is -0.376 e. The highest BCUT2D eigenvalue weighted by Crippen LogP contribution is 2.27. The van der Waals surface area contributed by atoms with Crippen LogP contribution in [0, 0.1) is 0 Å². The number of hydrogen-bond acceptors (Lipinski definition) is 3. The molecule has 0 amide bonds. The van der Waals surface area contributed by atoms with Crippen molar-refractivity contribution < 1.29 is 4.74 Å². The highest BCUT2D eigenvalue weighted by Gasteiger charge is 2.21. The topological polar surface area (TPSA) is 33.3 Å². The molecule has 0 saturated carbocycles. The summed E-state index contributed by atoms with van der Waals surface area (Å²) in [4.78, 5) is 0. The molecule has 19 heavy (non-hydrogen) atoms. The zero-order valence-electron chi connectivity index (χ0n) is 11.7. The SMILES string of the molecule is CNC(CC1CNCCO1)c1ccc2c(c1)CCC2. The lowest BCUT2D eigenvalue weighted by Gasteiger charge is -2.28. The molecule has 0 spiro atoms. The molecular weight excluding hydrogens is 236 g/mol. The molecule has 1 fully saturated rings. The van der Waals surface area contributed by atoms with E-state index in [9.17, 15) is 0 Å². The molecule has 1 aliphatic carbocycles. The van der Waals surface area contributed by atoms with E-state index in [0.29, 0.717) is 12.1 Å². The van der Waals surface area contributed by atoms with Crippen LogP contribution in [0.2, 0.25) is 0 Å². The number of morpholine rings is 1. The first-order valence-electron chi connectivity index (χ1n) is 7.48. The van der Waals surface area contributed by atoms with E-state index < -0.39 is 0 Å². The van der Waals surface area contributed by atoms with Crippen LogP contribution in [0.15, 0.2) is 18.2 Å². The lowest BCUT2D eigenvalue weighted by atomic mass is 9.97. The maximum Gasteiger partial charge on any atom is 0.0718 e. The first-order valence-corrected chi connectivity index (χ1v) is 7.48. The van der Waals surface area contributed by atoms with Gasteiger partial charge in [0.05, 0.1) is 12.7 Å². The van der Waals surface area contributed by atoms with E-state index in [1.165, 1.54) is 24.8 Å². The Labute approximate surface area is 115 Å². The van der Waals surface area contributed by atoms with Gasteiger partial charge in [-0.2, -0.15) is 0 Å². The first kappa shape index (κ1) is 13.1. The van der Waals surface area contributed by atoms with Crippen LogP contribution in [0.3, 0.4) is 0 Å². The van der Waals surface area contributed by atoms with Gasteiger partial charge in [0.2, 0.25) is 0 Å². The van der Waals surface area contributed by atoms with E-state index in [1.807, 2.05) is 7.05 Å². The van der Waals surface area contributed by atoms with Crippen molar-refractivity contribution in [2.75, 3.05) is 26.7 Å². The second-order valence-electron chi connectivity index (χ2n) is 5.66. The summed E-state index contributed by atoms with van der Waals surface area (Å²) in [5.74, 6) is 0. The number of rotatable bonds is 4. The molecular formula is C16H24N2O. The van der Waals surface area contributed by atoms with Gasteiger partial charge in [-0.25, -0.2) is 0 Å². The predicted molar refractivity (Wildman–Crippen MR) is 77.5 cm³/mol. The molecule has 1 aromatic rings. The number of hydrogen-bond donors (Lipinski definition) is 2. The molecule has 1 aromatic carbocycles. The van der Waals surface area contributed by atoms with E-state index in [1.54, 1.807) is 11.1 Å². The summed E-state index contributed by atoms with van der Waals surface area (Å²) in [5, 5.41) is 6.85. The van der Waals surface area contributed by atoms with Gasteiger partial charge in [-0.05, 0) is 49.4 Å². The molecule has 1 aliphatic heterocycles. The number of benzene rings is 1. The Balaban J connectivity index is 1.70. The largest absolute Gasteiger partial charge is 0.376 e. The maximum absolute atomic E-state index is 5.82. The van der Waals surface area contributed by atoms with E-state index in [2.05, 4.69) is 28.8 Å². The molecule has 1 saturated heterocycles. The first-order chi connectivity index (χ1) is 9.36. The van der Waals surface area contributed by atoms with Gasteiger partial charge >= 0.3 is 0 Å². The summed E-state index contributed by atoms with van der Waals surface area (Å²) in [6.07, 6.45) is 5.21. The van der Waals surface area contributed by atoms with Gasteiger partial charge in [0, 0.05) is 19.1 Å². The van der Waals surface area contributed by atoms with Crippen LogP contribution in [0.4, 0.5) is 0 Å². The molecule has 2 unspecified atom stereocenters. The predicted octanol–water partition coefficient (Wildman–Crippen LogP) is 1.81. The molecule has 0 radical (unpaired) electrons.